The molecule has 0 bridgehead atoms. The fourth-order valence-corrected chi connectivity index (χ4v) is 1.88. The van der Waals surface area contributed by atoms with E-state index in [0.717, 1.165) is 5.56 Å². The number of aliphatic hydroxyl groups is 1. The van der Waals surface area contributed by atoms with Gasteiger partial charge in [-0.05, 0) is 41.5 Å². The average Bonchev–Trinajstić information content (AvgIpc) is 2.54. The van der Waals surface area contributed by atoms with Crippen LogP contribution in [0.2, 0.25) is 0 Å². The number of rotatable bonds is 5. The fourth-order valence-electron chi connectivity index (χ4n) is 1.88. The average molecular weight is 315 g/mol. The first kappa shape index (κ1) is 16.4. The molecule has 0 saturated heterocycles. The van der Waals surface area contributed by atoms with Crippen LogP contribution in [0.5, 0.6) is 17.2 Å². The number of aromatic hydroxyl groups is 3. The van der Waals surface area contributed by atoms with Crippen LogP contribution >= 0.6 is 0 Å². The fraction of sp³-hybridized carbons (Fsp3) is 0.118. The first-order chi connectivity index (χ1) is 11.0. The van der Waals surface area contributed by atoms with Crippen molar-refractivity contribution >= 4 is 12.0 Å². The number of nitrogens with one attached hydrogen (secondary N) is 1. The van der Waals surface area contributed by atoms with Crippen LogP contribution in [-0.4, -0.2) is 32.9 Å². The predicted octanol–water partition coefficient (Wildman–Crippen LogP) is 1.67. The summed E-state index contributed by atoms with van der Waals surface area (Å²) >= 11 is 0. The SMILES string of the molecule is O=C(/C=C/c1ccc(O)cc1)NCC(O)c1ccc(O)c(O)c1. The molecule has 0 aliphatic carbocycles. The van der Waals surface area contributed by atoms with Gasteiger partial charge in [0.05, 0.1) is 6.10 Å². The molecule has 0 radical (unpaired) electrons. The summed E-state index contributed by atoms with van der Waals surface area (Å²) in [7, 11) is 0. The monoisotopic (exact) mass is 315 g/mol. The molecule has 1 atom stereocenters. The lowest BCUT2D eigenvalue weighted by molar-refractivity contribution is -0.116. The summed E-state index contributed by atoms with van der Waals surface area (Å²) in [5, 5.41) is 40.2. The van der Waals surface area contributed by atoms with Gasteiger partial charge in [0.2, 0.25) is 5.91 Å². The number of phenolic OH excluding ortho intramolecular Hbond substituents is 3. The molecule has 0 aliphatic heterocycles. The van der Waals surface area contributed by atoms with Crippen LogP contribution in [-0.2, 0) is 4.79 Å². The molecule has 0 spiro atoms. The molecule has 2 aromatic carbocycles. The number of carbonyl (C=O) groups is 1. The quantitative estimate of drug-likeness (QED) is 0.426. The highest BCUT2D eigenvalue weighted by Gasteiger charge is 2.10. The van der Waals surface area contributed by atoms with Gasteiger partial charge in [-0.25, -0.2) is 0 Å². The Balaban J connectivity index is 1.88. The van der Waals surface area contributed by atoms with Gasteiger partial charge in [0, 0.05) is 12.6 Å². The summed E-state index contributed by atoms with van der Waals surface area (Å²) < 4.78 is 0. The van der Waals surface area contributed by atoms with Gasteiger partial charge >= 0.3 is 0 Å². The largest absolute Gasteiger partial charge is 0.508 e. The number of benzene rings is 2. The van der Waals surface area contributed by atoms with Crippen molar-refractivity contribution in [3.05, 3.63) is 59.7 Å². The van der Waals surface area contributed by atoms with Crippen LogP contribution in [0, 0.1) is 0 Å². The minimum Gasteiger partial charge on any atom is -0.508 e. The zero-order valence-corrected chi connectivity index (χ0v) is 12.2. The van der Waals surface area contributed by atoms with Crippen molar-refractivity contribution < 1.29 is 25.2 Å². The van der Waals surface area contributed by atoms with Crippen molar-refractivity contribution in [2.45, 2.75) is 6.10 Å². The van der Waals surface area contributed by atoms with E-state index < -0.39 is 6.10 Å². The lowest BCUT2D eigenvalue weighted by Crippen LogP contribution is -2.26. The highest BCUT2D eigenvalue weighted by Crippen LogP contribution is 2.27. The first-order valence-electron chi connectivity index (χ1n) is 6.90. The van der Waals surface area contributed by atoms with E-state index in [1.165, 1.54) is 36.4 Å². The molecule has 5 N–H and O–H groups in total. The second-order valence-corrected chi connectivity index (χ2v) is 4.93. The van der Waals surface area contributed by atoms with Gasteiger partial charge in [-0.15, -0.1) is 0 Å². The maximum atomic E-state index is 11.7. The lowest BCUT2D eigenvalue weighted by atomic mass is 10.1. The molecule has 6 heteroatoms. The molecule has 1 unspecified atom stereocenters. The Labute approximate surface area is 133 Å². The standard InChI is InChI=1S/C17H17NO5/c19-13-5-1-11(2-6-13)3-8-17(23)18-10-16(22)12-4-7-14(20)15(21)9-12/h1-9,16,19-22H,10H2,(H,18,23)/b8-3+. The predicted molar refractivity (Wildman–Crippen MR) is 84.9 cm³/mol. The number of aliphatic hydroxyl groups excluding tert-OH is 1. The molecule has 0 saturated carbocycles. The van der Waals surface area contributed by atoms with Crippen LogP contribution in [0.4, 0.5) is 0 Å². The van der Waals surface area contributed by atoms with Gasteiger partial charge in [0.15, 0.2) is 11.5 Å². The molecular formula is C17H17NO5. The van der Waals surface area contributed by atoms with Gasteiger partial charge in [0.1, 0.15) is 5.75 Å². The van der Waals surface area contributed by atoms with E-state index in [4.69, 9.17) is 5.11 Å². The zero-order chi connectivity index (χ0) is 16.8. The van der Waals surface area contributed by atoms with E-state index in [1.807, 2.05) is 0 Å². The topological polar surface area (TPSA) is 110 Å². The molecule has 0 fully saturated rings. The third kappa shape index (κ3) is 4.76. The number of phenols is 3. The van der Waals surface area contributed by atoms with Gasteiger partial charge < -0.3 is 25.7 Å². The molecule has 1 amide bonds. The molecular weight excluding hydrogens is 298 g/mol. The summed E-state index contributed by atoms with van der Waals surface area (Å²) in [5.41, 5.74) is 1.13. The first-order valence-corrected chi connectivity index (χ1v) is 6.90. The summed E-state index contributed by atoms with van der Waals surface area (Å²) in [6, 6.07) is 10.3. The summed E-state index contributed by atoms with van der Waals surface area (Å²) in [5.74, 6) is -0.853. The van der Waals surface area contributed by atoms with Crippen molar-refractivity contribution in [1.82, 2.24) is 5.32 Å². The van der Waals surface area contributed by atoms with Gasteiger partial charge in [-0.3, -0.25) is 4.79 Å². The number of hydrogen-bond acceptors (Lipinski definition) is 5. The number of amides is 1. The molecule has 0 aliphatic rings. The highest BCUT2D eigenvalue weighted by atomic mass is 16.3. The maximum Gasteiger partial charge on any atom is 0.244 e. The van der Waals surface area contributed by atoms with Gasteiger partial charge in [-0.2, -0.15) is 0 Å². The minimum absolute atomic E-state index is 0.0387. The van der Waals surface area contributed by atoms with E-state index in [9.17, 15) is 20.1 Å². The van der Waals surface area contributed by atoms with Crippen molar-refractivity contribution in [3.8, 4) is 17.2 Å². The number of hydrogen-bond donors (Lipinski definition) is 5. The normalized spacial score (nSPS) is 12.2. The third-order valence-corrected chi connectivity index (χ3v) is 3.17. The van der Waals surface area contributed by atoms with Crippen LogP contribution in [0.3, 0.4) is 0 Å². The van der Waals surface area contributed by atoms with Crippen LogP contribution in [0.25, 0.3) is 6.08 Å². The summed E-state index contributed by atoms with van der Waals surface area (Å²) in [6.07, 6.45) is 1.88. The number of carbonyl (C=O) groups excluding carboxylic acids is 1. The van der Waals surface area contributed by atoms with E-state index in [1.54, 1.807) is 18.2 Å². The lowest BCUT2D eigenvalue weighted by Gasteiger charge is -2.12. The molecule has 120 valence electrons. The minimum atomic E-state index is -1.01. The van der Waals surface area contributed by atoms with Gasteiger partial charge in [-0.1, -0.05) is 18.2 Å². The Bertz CT molecular complexity index is 709. The molecule has 2 rings (SSSR count). The third-order valence-electron chi connectivity index (χ3n) is 3.17. The van der Waals surface area contributed by atoms with Crippen molar-refractivity contribution in [2.75, 3.05) is 6.54 Å². The Morgan fingerprint density at radius 2 is 1.74 bits per heavy atom. The maximum absolute atomic E-state index is 11.7. The van der Waals surface area contributed by atoms with E-state index in [2.05, 4.69) is 5.32 Å². The van der Waals surface area contributed by atoms with Crippen LogP contribution < -0.4 is 5.32 Å². The Morgan fingerprint density at radius 1 is 1.04 bits per heavy atom. The van der Waals surface area contributed by atoms with Gasteiger partial charge in [0.25, 0.3) is 0 Å². The van der Waals surface area contributed by atoms with E-state index >= 15 is 0 Å². The highest BCUT2D eigenvalue weighted by molar-refractivity contribution is 5.91. The second-order valence-electron chi connectivity index (χ2n) is 4.93. The van der Waals surface area contributed by atoms with E-state index in [-0.39, 0.29) is 29.7 Å². The van der Waals surface area contributed by atoms with E-state index in [0.29, 0.717) is 5.56 Å². The Kier molecular flexibility index (Phi) is 5.22. The Hall–Kier alpha value is -2.99. The zero-order valence-electron chi connectivity index (χ0n) is 12.2. The van der Waals surface area contributed by atoms with Crippen molar-refractivity contribution in [2.24, 2.45) is 0 Å². The van der Waals surface area contributed by atoms with Crippen LogP contribution in [0.1, 0.15) is 17.2 Å². The summed E-state index contributed by atoms with van der Waals surface area (Å²) in [4.78, 5) is 11.7. The molecule has 23 heavy (non-hydrogen) atoms. The molecule has 0 aromatic heterocycles. The smallest absolute Gasteiger partial charge is 0.244 e. The second kappa shape index (κ2) is 7.33. The molecule has 6 nitrogen and oxygen atoms in total. The summed E-state index contributed by atoms with van der Waals surface area (Å²) in [6.45, 7) is -0.0387. The Morgan fingerprint density at radius 3 is 2.39 bits per heavy atom. The van der Waals surface area contributed by atoms with Crippen LogP contribution in [0.15, 0.2) is 48.5 Å². The molecule has 0 heterocycles. The molecule has 2 aromatic rings. The van der Waals surface area contributed by atoms with Crippen molar-refractivity contribution in [1.29, 1.82) is 0 Å². The van der Waals surface area contributed by atoms with Crippen molar-refractivity contribution in [3.63, 3.8) is 0 Å².